The summed E-state index contributed by atoms with van der Waals surface area (Å²) in [7, 11) is 1.62. The molecule has 6 nitrogen and oxygen atoms in total. The van der Waals surface area contributed by atoms with Crippen molar-refractivity contribution in [2.45, 2.75) is 44.9 Å². The highest BCUT2D eigenvalue weighted by atomic mass is 19.1. The zero-order valence-electron chi connectivity index (χ0n) is 19.6. The molecule has 2 aromatic carbocycles. The minimum Gasteiger partial charge on any atom is -0.481 e. The minimum atomic E-state index is -0.855. The Morgan fingerprint density at radius 3 is 2.59 bits per heavy atom. The van der Waals surface area contributed by atoms with E-state index >= 15 is 4.39 Å². The van der Waals surface area contributed by atoms with Crippen LogP contribution in [0.1, 0.15) is 50.8 Å². The van der Waals surface area contributed by atoms with Gasteiger partial charge >= 0.3 is 5.97 Å². The van der Waals surface area contributed by atoms with Gasteiger partial charge in [0.25, 0.3) is 0 Å². The molecule has 0 bridgehead atoms. The Morgan fingerprint density at radius 2 is 1.97 bits per heavy atom. The topological polar surface area (TPSA) is 80.1 Å². The molecule has 0 unspecified atom stereocenters. The number of aliphatic carboxylic acids is 1. The molecule has 178 valence electrons. The van der Waals surface area contributed by atoms with E-state index in [-0.39, 0.29) is 11.7 Å². The van der Waals surface area contributed by atoms with E-state index in [2.05, 4.69) is 10.2 Å². The average molecular weight is 468 g/mol. The molecule has 1 aliphatic carbocycles. The third-order valence-corrected chi connectivity index (χ3v) is 7.19. The van der Waals surface area contributed by atoms with Crippen molar-refractivity contribution in [1.29, 1.82) is 0 Å². The second-order valence-electron chi connectivity index (χ2n) is 10.3. The first-order valence-electron chi connectivity index (χ1n) is 11.3. The third kappa shape index (κ3) is 3.23. The molecule has 34 heavy (non-hydrogen) atoms. The number of halogens is 2. The molecule has 5 rings (SSSR count). The van der Waals surface area contributed by atoms with Gasteiger partial charge in [-0.2, -0.15) is 5.10 Å². The van der Waals surface area contributed by atoms with Crippen LogP contribution in [0.25, 0.3) is 27.5 Å². The van der Waals surface area contributed by atoms with E-state index in [9.17, 15) is 14.3 Å². The molecule has 0 amide bonds. The second-order valence-corrected chi connectivity index (χ2v) is 10.3. The van der Waals surface area contributed by atoms with E-state index < -0.39 is 22.6 Å². The monoisotopic (exact) mass is 467 g/mol. The smallest absolute Gasteiger partial charge is 0.309 e. The van der Waals surface area contributed by atoms with E-state index in [1.165, 1.54) is 12.1 Å². The number of H-pyrrole nitrogens is 1. The first kappa shape index (κ1) is 22.5. The average Bonchev–Trinajstić information content (AvgIpc) is 3.35. The molecular formula is C26H27F2N3O3. The molecule has 4 aromatic rings. The quantitative estimate of drug-likeness (QED) is 0.383. The minimum absolute atomic E-state index is 0.147. The lowest BCUT2D eigenvalue weighted by atomic mass is 9.60. The molecule has 2 N–H and O–H groups in total. The number of benzene rings is 2. The zero-order chi connectivity index (χ0) is 24.4. The summed E-state index contributed by atoms with van der Waals surface area (Å²) in [6.07, 6.45) is 2.38. The molecule has 2 aromatic heterocycles. The van der Waals surface area contributed by atoms with Crippen molar-refractivity contribution < 1.29 is 23.4 Å². The normalized spacial score (nSPS) is 20.7. The number of carbonyl (C=O) groups is 1. The summed E-state index contributed by atoms with van der Waals surface area (Å²) >= 11 is 0. The predicted octanol–water partition coefficient (Wildman–Crippen LogP) is 5.68. The van der Waals surface area contributed by atoms with Crippen molar-refractivity contribution in [2.75, 3.05) is 13.7 Å². The highest BCUT2D eigenvalue weighted by Gasteiger charge is 2.50. The van der Waals surface area contributed by atoms with Crippen molar-refractivity contribution >= 4 is 27.8 Å². The van der Waals surface area contributed by atoms with Crippen LogP contribution < -0.4 is 0 Å². The largest absolute Gasteiger partial charge is 0.481 e. The molecule has 1 saturated carbocycles. The van der Waals surface area contributed by atoms with Crippen LogP contribution >= 0.6 is 0 Å². The molecule has 0 spiro atoms. The maximum atomic E-state index is 16.1. The Balaban J connectivity index is 1.89. The van der Waals surface area contributed by atoms with Gasteiger partial charge in [0.1, 0.15) is 11.3 Å². The molecule has 2 heterocycles. The van der Waals surface area contributed by atoms with E-state index in [0.717, 1.165) is 11.3 Å². The number of nitrogens with one attached hydrogen (secondary N) is 1. The first-order valence-corrected chi connectivity index (χ1v) is 11.3. The van der Waals surface area contributed by atoms with Crippen LogP contribution in [0.15, 0.2) is 36.5 Å². The number of aromatic nitrogens is 3. The summed E-state index contributed by atoms with van der Waals surface area (Å²) < 4.78 is 37.4. The van der Waals surface area contributed by atoms with Crippen molar-refractivity contribution in [2.24, 2.45) is 5.41 Å². The molecule has 0 atom stereocenters. The van der Waals surface area contributed by atoms with Gasteiger partial charge < -0.3 is 14.4 Å². The van der Waals surface area contributed by atoms with Gasteiger partial charge in [0.05, 0.1) is 23.7 Å². The van der Waals surface area contributed by atoms with Crippen LogP contribution in [-0.4, -0.2) is 39.6 Å². The number of carboxylic acids is 1. The number of carboxylic acid groups (broad SMARTS) is 1. The van der Waals surface area contributed by atoms with Crippen LogP contribution in [0.3, 0.4) is 0 Å². The SMILES string of the molecule is COCC(C)(C)c1c(C2CC(C)(C(=O)O)C2)c2c(F)c3[nH]ncc3cc2n1-c1ccc(F)cc1. The highest BCUT2D eigenvalue weighted by Crippen LogP contribution is 2.56. The van der Waals surface area contributed by atoms with E-state index in [1.54, 1.807) is 32.4 Å². The van der Waals surface area contributed by atoms with Crippen LogP contribution in [0.4, 0.5) is 8.78 Å². The molecular weight excluding hydrogens is 440 g/mol. The fourth-order valence-corrected chi connectivity index (χ4v) is 5.59. The summed E-state index contributed by atoms with van der Waals surface area (Å²) in [6.45, 7) is 6.14. The van der Waals surface area contributed by atoms with Crippen molar-refractivity contribution in [3.63, 3.8) is 0 Å². The number of fused-ring (bicyclic) bond motifs is 2. The summed E-state index contributed by atoms with van der Waals surface area (Å²) in [4.78, 5) is 11.8. The number of ether oxygens (including phenoxy) is 1. The first-order chi connectivity index (χ1) is 16.1. The Kier molecular flexibility index (Phi) is 5.06. The summed E-state index contributed by atoms with van der Waals surface area (Å²) in [5.41, 5.74) is 1.86. The van der Waals surface area contributed by atoms with Crippen LogP contribution in [0.5, 0.6) is 0 Å². The maximum absolute atomic E-state index is 16.1. The molecule has 1 aliphatic rings. The number of aromatic amines is 1. The Bertz CT molecular complexity index is 1410. The van der Waals surface area contributed by atoms with Crippen molar-refractivity contribution in [1.82, 2.24) is 14.8 Å². The number of nitrogens with zero attached hydrogens (tertiary/aromatic N) is 2. The summed E-state index contributed by atoms with van der Waals surface area (Å²) in [5.74, 6) is -1.77. The van der Waals surface area contributed by atoms with Crippen molar-refractivity contribution in [3.8, 4) is 5.69 Å². The third-order valence-electron chi connectivity index (χ3n) is 7.19. The van der Waals surface area contributed by atoms with Gasteiger partial charge in [0, 0.05) is 34.7 Å². The zero-order valence-corrected chi connectivity index (χ0v) is 19.6. The van der Waals surface area contributed by atoms with Gasteiger partial charge in [0.15, 0.2) is 5.82 Å². The lowest BCUT2D eigenvalue weighted by molar-refractivity contribution is -0.154. The van der Waals surface area contributed by atoms with Gasteiger partial charge in [-0.05, 0) is 61.6 Å². The molecule has 0 aliphatic heterocycles. The van der Waals surface area contributed by atoms with E-state index in [0.29, 0.717) is 46.9 Å². The summed E-state index contributed by atoms with van der Waals surface area (Å²) in [6, 6.07) is 7.98. The second kappa shape index (κ2) is 7.63. The van der Waals surface area contributed by atoms with Crippen LogP contribution in [0, 0.1) is 17.0 Å². The summed E-state index contributed by atoms with van der Waals surface area (Å²) in [5, 5.41) is 17.5. The van der Waals surface area contributed by atoms with Gasteiger partial charge in [-0.1, -0.05) is 13.8 Å². The standard InChI is InChI=1S/C26H27F2N3O3/c1-25(2,13-34-4)23-19(15-10-26(3,11-15)24(32)33)20-18(9-14-12-29-30-22(14)21(20)28)31(23)17-7-5-16(27)6-8-17/h5-9,12,15H,10-11,13H2,1-4H3,(H,29,30)(H,32,33). The molecule has 0 radical (unpaired) electrons. The van der Waals surface area contributed by atoms with Crippen LogP contribution in [-0.2, 0) is 14.9 Å². The number of hydrogen-bond acceptors (Lipinski definition) is 3. The van der Waals surface area contributed by atoms with Crippen molar-refractivity contribution in [3.05, 3.63) is 59.4 Å². The van der Waals surface area contributed by atoms with Gasteiger partial charge in [-0.15, -0.1) is 0 Å². The lowest BCUT2D eigenvalue weighted by Gasteiger charge is -2.43. The van der Waals surface area contributed by atoms with Crippen LogP contribution in [0.2, 0.25) is 0 Å². The predicted molar refractivity (Wildman–Crippen MR) is 125 cm³/mol. The Morgan fingerprint density at radius 1 is 1.29 bits per heavy atom. The fourth-order valence-electron chi connectivity index (χ4n) is 5.59. The van der Waals surface area contributed by atoms with E-state index in [1.807, 2.05) is 24.5 Å². The molecule has 8 heteroatoms. The maximum Gasteiger partial charge on any atom is 0.309 e. The molecule has 1 fully saturated rings. The van der Waals surface area contributed by atoms with Gasteiger partial charge in [-0.3, -0.25) is 9.89 Å². The Labute approximate surface area is 195 Å². The lowest BCUT2D eigenvalue weighted by Crippen LogP contribution is -2.41. The highest BCUT2D eigenvalue weighted by molar-refractivity contribution is 6.00. The fraction of sp³-hybridized carbons (Fsp3) is 0.385. The molecule has 0 saturated heterocycles. The Hall–Kier alpha value is -3.26. The number of rotatable bonds is 6. The number of hydrogen-bond donors (Lipinski definition) is 2. The van der Waals surface area contributed by atoms with Gasteiger partial charge in [-0.25, -0.2) is 8.78 Å². The number of methoxy groups -OCH3 is 1. The van der Waals surface area contributed by atoms with Gasteiger partial charge in [0.2, 0.25) is 0 Å². The van der Waals surface area contributed by atoms with E-state index in [4.69, 9.17) is 4.74 Å².